The first-order chi connectivity index (χ1) is 4.91. The molecule has 0 bridgehead atoms. The van der Waals surface area contributed by atoms with Gasteiger partial charge in [-0.25, -0.2) is 0 Å². The van der Waals surface area contributed by atoms with Crippen LogP contribution in [-0.2, 0) is 0 Å². The lowest BCUT2D eigenvalue weighted by Gasteiger charge is -1.97. The minimum absolute atomic E-state index is 0. The highest BCUT2D eigenvalue weighted by molar-refractivity contribution is 4.44. The lowest BCUT2D eigenvalue weighted by molar-refractivity contribution is 0.593. The molecule has 1 nitrogen and oxygen atoms in total. The van der Waals surface area contributed by atoms with E-state index >= 15 is 0 Å². The summed E-state index contributed by atoms with van der Waals surface area (Å²) in [4.78, 5) is 0. The maximum atomic E-state index is 5.37. The van der Waals surface area contributed by atoms with Crippen molar-refractivity contribution in [3.63, 3.8) is 0 Å². The monoisotopic (exact) mass is 163 g/mol. The molecule has 0 aliphatic heterocycles. The van der Waals surface area contributed by atoms with E-state index in [1.807, 2.05) is 0 Å². The predicted octanol–water partition coefficient (Wildman–Crippen LogP) is 2.85. The molecule has 0 aliphatic carbocycles. The van der Waals surface area contributed by atoms with E-state index in [0.29, 0.717) is 0 Å². The van der Waals surface area contributed by atoms with Crippen molar-refractivity contribution in [1.82, 2.24) is 0 Å². The van der Waals surface area contributed by atoms with E-state index in [4.69, 9.17) is 5.73 Å². The van der Waals surface area contributed by atoms with Crippen LogP contribution in [0.5, 0.6) is 0 Å². The zero-order valence-electron chi connectivity index (χ0n) is 7.64. The third kappa shape index (κ3) is 13.0. The van der Waals surface area contributed by atoms with Crippen LogP contribution in [0.4, 0.5) is 4.70 Å². The first kappa shape index (κ1) is 13.5. The Morgan fingerprint density at radius 1 is 0.818 bits per heavy atom. The molecule has 0 unspecified atom stereocenters. The molecule has 0 saturated heterocycles. The van der Waals surface area contributed by atoms with Crippen LogP contribution in [0.15, 0.2) is 0 Å². The molecule has 0 heterocycles. The minimum atomic E-state index is 0. The SMILES string of the molecule is CCCCCCCCCN.F. The molecular formula is C9H22FN. The van der Waals surface area contributed by atoms with Gasteiger partial charge < -0.3 is 5.73 Å². The molecule has 70 valence electrons. The molecule has 0 aromatic carbocycles. The zero-order chi connectivity index (χ0) is 7.66. The van der Waals surface area contributed by atoms with Crippen LogP contribution in [0.25, 0.3) is 0 Å². The average Bonchev–Trinajstić information content (AvgIpc) is 1.97. The largest absolute Gasteiger partial charge is 0.330 e. The van der Waals surface area contributed by atoms with Crippen molar-refractivity contribution < 1.29 is 4.70 Å². The Bertz CT molecular complexity index is 49.5. The second kappa shape index (κ2) is 12.6. The van der Waals surface area contributed by atoms with E-state index in [1.165, 1.54) is 44.9 Å². The van der Waals surface area contributed by atoms with Crippen molar-refractivity contribution in [3.05, 3.63) is 0 Å². The van der Waals surface area contributed by atoms with E-state index in [2.05, 4.69) is 6.92 Å². The molecule has 0 amide bonds. The summed E-state index contributed by atoms with van der Waals surface area (Å²) < 4.78 is 0. The quantitative estimate of drug-likeness (QED) is 0.574. The van der Waals surface area contributed by atoms with Gasteiger partial charge in [0.2, 0.25) is 0 Å². The standard InChI is InChI=1S/C9H21N.FH/c1-2-3-4-5-6-7-8-9-10;/h2-10H2,1H3;1H. The Morgan fingerprint density at radius 3 is 1.73 bits per heavy atom. The van der Waals surface area contributed by atoms with Gasteiger partial charge in [0.05, 0.1) is 0 Å². The Morgan fingerprint density at radius 2 is 1.27 bits per heavy atom. The lowest BCUT2D eigenvalue weighted by atomic mass is 10.1. The molecule has 2 N–H and O–H groups in total. The van der Waals surface area contributed by atoms with E-state index in [9.17, 15) is 0 Å². The summed E-state index contributed by atoms with van der Waals surface area (Å²) in [6.45, 7) is 3.12. The summed E-state index contributed by atoms with van der Waals surface area (Å²) in [5.74, 6) is 0. The highest BCUT2D eigenvalue weighted by Gasteiger charge is 1.87. The van der Waals surface area contributed by atoms with Gasteiger partial charge in [-0.05, 0) is 13.0 Å². The van der Waals surface area contributed by atoms with Gasteiger partial charge in [-0.1, -0.05) is 45.4 Å². The molecule has 0 aliphatic rings. The van der Waals surface area contributed by atoms with Gasteiger partial charge in [0.1, 0.15) is 0 Å². The Hall–Kier alpha value is -0.110. The Kier molecular flexibility index (Phi) is 15.4. The van der Waals surface area contributed by atoms with E-state index in [1.54, 1.807) is 0 Å². The third-order valence-electron chi connectivity index (χ3n) is 1.81. The number of unbranched alkanes of at least 4 members (excludes halogenated alkanes) is 6. The minimum Gasteiger partial charge on any atom is -0.330 e. The summed E-state index contributed by atoms with van der Waals surface area (Å²) in [6, 6.07) is 0. The predicted molar refractivity (Wildman–Crippen MR) is 49.6 cm³/mol. The van der Waals surface area contributed by atoms with Gasteiger partial charge in [0.25, 0.3) is 0 Å². The third-order valence-corrected chi connectivity index (χ3v) is 1.81. The Balaban J connectivity index is 0. The van der Waals surface area contributed by atoms with Crippen molar-refractivity contribution in [1.29, 1.82) is 0 Å². The fourth-order valence-electron chi connectivity index (χ4n) is 1.10. The molecule has 0 aromatic rings. The smallest absolute Gasteiger partial charge is 0.00773 e. The van der Waals surface area contributed by atoms with Gasteiger partial charge in [0, 0.05) is 0 Å². The van der Waals surface area contributed by atoms with Crippen LogP contribution in [0, 0.1) is 0 Å². The highest BCUT2D eigenvalue weighted by Crippen LogP contribution is 2.05. The number of halogens is 1. The number of nitrogens with two attached hydrogens (primary N) is 1. The number of hydrogen-bond donors (Lipinski definition) is 1. The highest BCUT2D eigenvalue weighted by atomic mass is 19.0. The normalized spacial score (nSPS) is 9.27. The maximum Gasteiger partial charge on any atom is -0.00773 e. The zero-order valence-corrected chi connectivity index (χ0v) is 7.64. The fourth-order valence-corrected chi connectivity index (χ4v) is 1.10. The number of rotatable bonds is 7. The summed E-state index contributed by atoms with van der Waals surface area (Å²) in [5.41, 5.74) is 5.37. The average molecular weight is 163 g/mol. The molecule has 0 fully saturated rings. The van der Waals surface area contributed by atoms with Gasteiger partial charge in [0.15, 0.2) is 0 Å². The number of hydrogen-bond acceptors (Lipinski definition) is 1. The van der Waals surface area contributed by atoms with Gasteiger partial charge in [-0.15, -0.1) is 0 Å². The summed E-state index contributed by atoms with van der Waals surface area (Å²) in [6.07, 6.45) is 9.51. The van der Waals surface area contributed by atoms with E-state index < -0.39 is 0 Å². The van der Waals surface area contributed by atoms with Crippen LogP contribution < -0.4 is 5.73 Å². The van der Waals surface area contributed by atoms with Gasteiger partial charge in [-0.2, -0.15) is 0 Å². The molecular weight excluding hydrogens is 141 g/mol. The summed E-state index contributed by atoms with van der Waals surface area (Å²) in [5, 5.41) is 0. The summed E-state index contributed by atoms with van der Waals surface area (Å²) in [7, 11) is 0. The fraction of sp³-hybridized carbons (Fsp3) is 1.00. The van der Waals surface area contributed by atoms with Crippen molar-refractivity contribution in [2.75, 3.05) is 6.54 Å². The lowest BCUT2D eigenvalue weighted by Crippen LogP contribution is -1.97. The molecule has 2 heteroatoms. The van der Waals surface area contributed by atoms with Crippen LogP contribution >= 0.6 is 0 Å². The van der Waals surface area contributed by atoms with Crippen LogP contribution in [0.2, 0.25) is 0 Å². The molecule has 11 heavy (non-hydrogen) atoms. The van der Waals surface area contributed by atoms with Crippen LogP contribution in [-0.4, -0.2) is 6.54 Å². The van der Waals surface area contributed by atoms with Crippen molar-refractivity contribution in [2.45, 2.75) is 51.9 Å². The molecule has 0 saturated carbocycles. The Labute approximate surface area is 69.7 Å². The van der Waals surface area contributed by atoms with Crippen LogP contribution in [0.1, 0.15) is 51.9 Å². The second-order valence-corrected chi connectivity index (χ2v) is 2.91. The van der Waals surface area contributed by atoms with Gasteiger partial charge in [-0.3, -0.25) is 4.70 Å². The topological polar surface area (TPSA) is 26.0 Å². The van der Waals surface area contributed by atoms with Crippen molar-refractivity contribution in [3.8, 4) is 0 Å². The van der Waals surface area contributed by atoms with E-state index in [0.717, 1.165) is 6.54 Å². The summed E-state index contributed by atoms with van der Waals surface area (Å²) >= 11 is 0. The molecule has 0 rings (SSSR count). The van der Waals surface area contributed by atoms with Gasteiger partial charge >= 0.3 is 0 Å². The molecule has 0 aromatic heterocycles. The molecule has 0 spiro atoms. The molecule has 0 atom stereocenters. The first-order valence-corrected chi connectivity index (χ1v) is 4.62. The first-order valence-electron chi connectivity index (χ1n) is 4.62. The maximum absolute atomic E-state index is 5.37. The second-order valence-electron chi connectivity index (χ2n) is 2.91. The van der Waals surface area contributed by atoms with Crippen molar-refractivity contribution >= 4 is 0 Å². The van der Waals surface area contributed by atoms with Crippen molar-refractivity contribution in [2.24, 2.45) is 5.73 Å². The van der Waals surface area contributed by atoms with Crippen LogP contribution in [0.3, 0.4) is 0 Å². The van der Waals surface area contributed by atoms with E-state index in [-0.39, 0.29) is 4.70 Å². The molecule has 0 radical (unpaired) electrons.